The van der Waals surface area contributed by atoms with Gasteiger partial charge in [-0.15, -0.1) is 0 Å². The lowest BCUT2D eigenvalue weighted by atomic mass is 9.86. The fourth-order valence-corrected chi connectivity index (χ4v) is 3.56. The zero-order valence-corrected chi connectivity index (χ0v) is 15.1. The molecule has 2 atom stereocenters. The van der Waals surface area contributed by atoms with Gasteiger partial charge in [0.25, 0.3) is 5.91 Å². The first kappa shape index (κ1) is 16.8. The van der Waals surface area contributed by atoms with Crippen LogP contribution in [0.3, 0.4) is 0 Å². The SMILES string of the molecule is CC1CCCCC1NC(=O)/C(C#N)=C/c1cc2c(cc1Br)OCO2. The van der Waals surface area contributed by atoms with Crippen LogP contribution >= 0.6 is 15.9 Å². The molecule has 0 bridgehead atoms. The van der Waals surface area contributed by atoms with Crippen LogP contribution in [0.2, 0.25) is 0 Å². The molecule has 0 radical (unpaired) electrons. The monoisotopic (exact) mass is 390 g/mol. The highest BCUT2D eigenvalue weighted by molar-refractivity contribution is 9.10. The minimum absolute atomic E-state index is 0.0901. The van der Waals surface area contributed by atoms with Gasteiger partial charge >= 0.3 is 0 Å². The van der Waals surface area contributed by atoms with Crippen molar-refractivity contribution in [2.45, 2.75) is 38.6 Å². The fourth-order valence-electron chi connectivity index (χ4n) is 3.12. The van der Waals surface area contributed by atoms with Gasteiger partial charge in [0.05, 0.1) is 0 Å². The van der Waals surface area contributed by atoms with Crippen molar-refractivity contribution in [2.24, 2.45) is 5.92 Å². The Morgan fingerprint density at radius 1 is 1.33 bits per heavy atom. The van der Waals surface area contributed by atoms with Crippen LogP contribution in [0.25, 0.3) is 6.08 Å². The van der Waals surface area contributed by atoms with Crippen molar-refractivity contribution >= 4 is 27.9 Å². The van der Waals surface area contributed by atoms with Gasteiger partial charge in [0, 0.05) is 10.5 Å². The van der Waals surface area contributed by atoms with E-state index in [1.165, 1.54) is 6.42 Å². The highest BCUT2D eigenvalue weighted by Gasteiger charge is 2.24. The minimum atomic E-state index is -0.319. The second kappa shape index (κ2) is 7.27. The lowest BCUT2D eigenvalue weighted by Gasteiger charge is -2.29. The van der Waals surface area contributed by atoms with Crippen molar-refractivity contribution in [3.8, 4) is 17.6 Å². The third kappa shape index (κ3) is 3.57. The van der Waals surface area contributed by atoms with Gasteiger partial charge < -0.3 is 14.8 Å². The average molecular weight is 391 g/mol. The molecule has 1 amide bonds. The molecule has 1 fully saturated rings. The summed E-state index contributed by atoms with van der Waals surface area (Å²) in [6.45, 7) is 2.33. The molecule has 0 spiro atoms. The zero-order chi connectivity index (χ0) is 17.1. The Labute approximate surface area is 149 Å². The largest absolute Gasteiger partial charge is 0.454 e. The zero-order valence-electron chi connectivity index (χ0n) is 13.5. The van der Waals surface area contributed by atoms with E-state index in [2.05, 4.69) is 28.2 Å². The molecule has 5 nitrogen and oxygen atoms in total. The van der Waals surface area contributed by atoms with Crippen LogP contribution < -0.4 is 14.8 Å². The predicted octanol–water partition coefficient (Wildman–Crippen LogP) is 3.78. The molecule has 0 aromatic heterocycles. The van der Waals surface area contributed by atoms with Gasteiger partial charge in [-0.25, -0.2) is 0 Å². The molecule has 126 valence electrons. The summed E-state index contributed by atoms with van der Waals surface area (Å²) in [6.07, 6.45) is 5.99. The highest BCUT2D eigenvalue weighted by atomic mass is 79.9. The van der Waals surface area contributed by atoms with Crippen LogP contribution in [0.5, 0.6) is 11.5 Å². The highest BCUT2D eigenvalue weighted by Crippen LogP contribution is 2.37. The van der Waals surface area contributed by atoms with Gasteiger partial charge in [0.2, 0.25) is 6.79 Å². The second-order valence-electron chi connectivity index (χ2n) is 6.24. The molecular weight excluding hydrogens is 372 g/mol. The van der Waals surface area contributed by atoms with Crippen LogP contribution in [0, 0.1) is 17.2 Å². The van der Waals surface area contributed by atoms with Crippen LogP contribution in [0.15, 0.2) is 22.2 Å². The summed E-state index contributed by atoms with van der Waals surface area (Å²) in [5, 5.41) is 12.4. The molecule has 3 rings (SSSR count). The van der Waals surface area contributed by atoms with Gasteiger partial charge in [-0.3, -0.25) is 4.79 Å². The van der Waals surface area contributed by atoms with E-state index in [9.17, 15) is 10.1 Å². The maximum Gasteiger partial charge on any atom is 0.262 e. The summed E-state index contributed by atoms with van der Waals surface area (Å²) in [7, 11) is 0. The number of nitrogens with zero attached hydrogens (tertiary/aromatic N) is 1. The summed E-state index contributed by atoms with van der Waals surface area (Å²) < 4.78 is 11.4. The van der Waals surface area contributed by atoms with Gasteiger partial charge in [-0.05, 0) is 42.5 Å². The van der Waals surface area contributed by atoms with E-state index in [0.29, 0.717) is 23.0 Å². The Balaban J connectivity index is 1.79. The number of amides is 1. The van der Waals surface area contributed by atoms with Crippen molar-refractivity contribution in [2.75, 3.05) is 6.79 Å². The Bertz CT molecular complexity index is 724. The Hall–Kier alpha value is -2.00. The molecule has 24 heavy (non-hydrogen) atoms. The molecule has 6 heteroatoms. The Morgan fingerprint density at radius 3 is 2.75 bits per heavy atom. The number of hydrogen-bond donors (Lipinski definition) is 1. The van der Waals surface area contributed by atoms with Crippen LogP contribution in [-0.4, -0.2) is 18.7 Å². The smallest absolute Gasteiger partial charge is 0.262 e. The predicted molar refractivity (Wildman–Crippen MR) is 93.4 cm³/mol. The topological polar surface area (TPSA) is 71.4 Å². The second-order valence-corrected chi connectivity index (χ2v) is 7.09. The number of nitrogens with one attached hydrogen (secondary N) is 1. The van der Waals surface area contributed by atoms with Crippen molar-refractivity contribution in [1.29, 1.82) is 5.26 Å². The number of carbonyl (C=O) groups excluding carboxylic acids is 1. The molecular formula is C18H19BrN2O3. The lowest BCUT2D eigenvalue weighted by Crippen LogP contribution is -2.41. The van der Waals surface area contributed by atoms with E-state index in [4.69, 9.17) is 9.47 Å². The normalized spacial score (nSPS) is 22.8. The molecule has 1 heterocycles. The maximum absolute atomic E-state index is 12.5. The van der Waals surface area contributed by atoms with E-state index >= 15 is 0 Å². The number of ether oxygens (including phenoxy) is 2. The van der Waals surface area contributed by atoms with Gasteiger partial charge in [-0.1, -0.05) is 35.7 Å². The molecule has 2 unspecified atom stereocenters. The number of halogens is 1. The van der Waals surface area contributed by atoms with Crippen molar-refractivity contribution in [3.05, 3.63) is 27.7 Å². The molecule has 1 aromatic rings. The molecule has 0 saturated heterocycles. The summed E-state index contributed by atoms with van der Waals surface area (Å²) in [6, 6.07) is 5.69. The molecule has 1 aliphatic heterocycles. The van der Waals surface area contributed by atoms with Crippen LogP contribution in [-0.2, 0) is 4.79 Å². The number of fused-ring (bicyclic) bond motifs is 1. The number of nitriles is 1. The van der Waals surface area contributed by atoms with Crippen molar-refractivity contribution < 1.29 is 14.3 Å². The number of carbonyl (C=O) groups is 1. The standard InChI is InChI=1S/C18H19BrN2O3/c1-11-4-2-3-5-15(11)21-18(22)13(9-20)6-12-7-16-17(8-14(12)19)24-10-23-16/h6-8,11,15H,2-5,10H2,1H3,(H,21,22)/b13-6+. The number of rotatable bonds is 3. The average Bonchev–Trinajstić information content (AvgIpc) is 3.01. The van der Waals surface area contributed by atoms with Gasteiger partial charge in [0.15, 0.2) is 11.5 Å². The summed E-state index contributed by atoms with van der Waals surface area (Å²) in [5.74, 6) is 1.39. The van der Waals surface area contributed by atoms with Gasteiger partial charge in [-0.2, -0.15) is 5.26 Å². The van der Waals surface area contributed by atoms with Gasteiger partial charge in [0.1, 0.15) is 11.6 Å². The van der Waals surface area contributed by atoms with Crippen molar-refractivity contribution in [3.63, 3.8) is 0 Å². The maximum atomic E-state index is 12.5. The summed E-state index contributed by atoms with van der Waals surface area (Å²) in [5.41, 5.74) is 0.801. The minimum Gasteiger partial charge on any atom is -0.454 e. The van der Waals surface area contributed by atoms with E-state index < -0.39 is 0 Å². The van der Waals surface area contributed by atoms with Crippen LogP contribution in [0.1, 0.15) is 38.2 Å². The fraction of sp³-hybridized carbons (Fsp3) is 0.444. The Morgan fingerprint density at radius 2 is 2.04 bits per heavy atom. The van der Waals surface area contributed by atoms with E-state index in [0.717, 1.165) is 23.7 Å². The molecule has 1 N–H and O–H groups in total. The third-order valence-corrected chi connectivity index (χ3v) is 5.27. The molecule has 1 aromatic carbocycles. The third-order valence-electron chi connectivity index (χ3n) is 4.58. The molecule has 2 aliphatic rings. The van der Waals surface area contributed by atoms with Crippen LogP contribution in [0.4, 0.5) is 0 Å². The molecule has 1 saturated carbocycles. The summed E-state index contributed by atoms with van der Waals surface area (Å²) >= 11 is 3.44. The Kier molecular flexibility index (Phi) is 5.10. The first-order valence-corrected chi connectivity index (χ1v) is 8.89. The lowest BCUT2D eigenvalue weighted by molar-refractivity contribution is -0.118. The van der Waals surface area contributed by atoms with E-state index in [1.807, 2.05) is 6.07 Å². The number of benzene rings is 1. The van der Waals surface area contributed by atoms with E-state index in [1.54, 1.807) is 18.2 Å². The van der Waals surface area contributed by atoms with Crippen molar-refractivity contribution in [1.82, 2.24) is 5.32 Å². The number of hydrogen-bond acceptors (Lipinski definition) is 4. The summed E-state index contributed by atoms with van der Waals surface area (Å²) in [4.78, 5) is 12.5. The quantitative estimate of drug-likeness (QED) is 0.629. The molecule has 1 aliphatic carbocycles. The first-order chi connectivity index (χ1) is 11.6. The first-order valence-electron chi connectivity index (χ1n) is 8.10. The van der Waals surface area contributed by atoms with E-state index in [-0.39, 0.29) is 24.3 Å².